The van der Waals surface area contributed by atoms with Crippen LogP contribution in [0.3, 0.4) is 0 Å². The number of nitrogens with one attached hydrogen (secondary N) is 1. The molecule has 0 aliphatic heterocycles. The van der Waals surface area contributed by atoms with Crippen LogP contribution in [0.4, 0.5) is 16.0 Å². The van der Waals surface area contributed by atoms with Gasteiger partial charge < -0.3 is 14.6 Å². The first kappa shape index (κ1) is 23.4. The van der Waals surface area contributed by atoms with Crippen LogP contribution < -0.4 is 15.6 Å². The van der Waals surface area contributed by atoms with Gasteiger partial charge in [0.05, 0.1) is 30.2 Å². The Bertz CT molecular complexity index is 1350. The molecular weight excluding hydrogens is 457 g/mol. The predicted molar refractivity (Wildman–Crippen MR) is 131 cm³/mol. The second-order valence-electron chi connectivity index (χ2n) is 7.69. The second-order valence-corrected chi connectivity index (χ2v) is 8.10. The molecule has 1 N–H and O–H groups in total. The Morgan fingerprint density at radius 3 is 2.88 bits per heavy atom. The van der Waals surface area contributed by atoms with Crippen molar-refractivity contribution in [3.8, 4) is 17.0 Å². The van der Waals surface area contributed by atoms with E-state index in [1.807, 2.05) is 31.2 Å². The SMILES string of the molecule is COc1cn(CC/C=C(Cl)\C(F)=C/C2=CC2)c(Nc2cc(-c3cnccn3)ccc2C)nc1=O. The van der Waals surface area contributed by atoms with Gasteiger partial charge in [-0.15, -0.1) is 0 Å². The van der Waals surface area contributed by atoms with Crippen molar-refractivity contribution in [2.45, 2.75) is 26.3 Å². The molecule has 9 heteroatoms. The quantitative estimate of drug-likeness (QED) is 0.410. The fourth-order valence-electron chi connectivity index (χ4n) is 3.20. The highest BCUT2D eigenvalue weighted by molar-refractivity contribution is 6.31. The number of aromatic nitrogens is 4. The van der Waals surface area contributed by atoms with Crippen LogP contribution in [-0.2, 0) is 6.54 Å². The lowest BCUT2D eigenvalue weighted by molar-refractivity contribution is 0.401. The lowest BCUT2D eigenvalue weighted by atomic mass is 10.1. The van der Waals surface area contributed by atoms with Gasteiger partial charge in [0.1, 0.15) is 5.83 Å². The summed E-state index contributed by atoms with van der Waals surface area (Å²) in [5, 5.41) is 3.29. The third kappa shape index (κ3) is 5.77. The van der Waals surface area contributed by atoms with Crippen molar-refractivity contribution in [1.29, 1.82) is 0 Å². The number of hydrogen-bond donors (Lipinski definition) is 1. The number of rotatable bonds is 9. The maximum Gasteiger partial charge on any atom is 0.316 e. The standard InChI is InChI=1S/C25H23ClFN5O2/c1-16-5-8-18(22-14-28-9-10-29-22)13-21(16)30-25-31-24(33)23(34-2)15-32(25)11-3-4-19(26)20(27)12-17-6-7-17/h4-6,8-10,12-15H,3,7,11H2,1-2H3,(H,30,31,33)/b19-4+,20-12+. The van der Waals surface area contributed by atoms with Gasteiger partial charge in [-0.05, 0) is 43.0 Å². The van der Waals surface area contributed by atoms with Gasteiger partial charge >= 0.3 is 5.56 Å². The molecule has 0 unspecified atom stereocenters. The number of methoxy groups -OCH3 is 1. The molecule has 0 radical (unpaired) electrons. The summed E-state index contributed by atoms with van der Waals surface area (Å²) in [7, 11) is 1.41. The van der Waals surface area contributed by atoms with Crippen molar-refractivity contribution in [3.63, 3.8) is 0 Å². The number of nitrogens with zero attached hydrogens (tertiary/aromatic N) is 4. The molecule has 1 aliphatic rings. The molecule has 7 nitrogen and oxygen atoms in total. The molecule has 0 atom stereocenters. The number of aryl methyl sites for hydroxylation is 2. The van der Waals surface area contributed by atoms with Crippen molar-refractivity contribution in [3.05, 3.63) is 93.6 Å². The molecule has 2 heterocycles. The van der Waals surface area contributed by atoms with Crippen molar-refractivity contribution < 1.29 is 9.13 Å². The maximum atomic E-state index is 14.1. The Labute approximate surface area is 201 Å². The molecule has 1 aromatic carbocycles. The summed E-state index contributed by atoms with van der Waals surface area (Å²) >= 11 is 6.08. The van der Waals surface area contributed by atoms with E-state index in [0.29, 0.717) is 18.9 Å². The van der Waals surface area contributed by atoms with Crippen LogP contribution in [-0.4, -0.2) is 26.6 Å². The summed E-state index contributed by atoms with van der Waals surface area (Å²) in [6, 6.07) is 5.82. The Hall–Kier alpha value is -3.78. The van der Waals surface area contributed by atoms with E-state index < -0.39 is 11.4 Å². The highest BCUT2D eigenvalue weighted by Crippen LogP contribution is 2.28. The molecule has 3 aromatic rings. The maximum absolute atomic E-state index is 14.1. The fourth-order valence-corrected chi connectivity index (χ4v) is 3.37. The van der Waals surface area contributed by atoms with E-state index in [-0.39, 0.29) is 10.8 Å². The first-order chi connectivity index (χ1) is 16.4. The first-order valence-electron chi connectivity index (χ1n) is 10.7. The Morgan fingerprint density at radius 1 is 1.35 bits per heavy atom. The van der Waals surface area contributed by atoms with Gasteiger partial charge in [0.25, 0.3) is 0 Å². The number of benzene rings is 1. The molecule has 0 fully saturated rings. The first-order valence-corrected chi connectivity index (χ1v) is 11.0. The smallest absolute Gasteiger partial charge is 0.316 e. The van der Waals surface area contributed by atoms with Gasteiger partial charge in [-0.1, -0.05) is 35.9 Å². The largest absolute Gasteiger partial charge is 0.490 e. The fraction of sp³-hybridized carbons (Fsp3) is 0.200. The van der Waals surface area contributed by atoms with Crippen molar-refractivity contribution in [1.82, 2.24) is 19.5 Å². The third-order valence-electron chi connectivity index (χ3n) is 5.20. The van der Waals surface area contributed by atoms with E-state index in [9.17, 15) is 9.18 Å². The van der Waals surface area contributed by atoms with E-state index in [4.69, 9.17) is 16.3 Å². The lowest BCUT2D eigenvalue weighted by Gasteiger charge is -2.16. The molecule has 0 bridgehead atoms. The Kier molecular flexibility index (Phi) is 7.18. The minimum atomic E-state index is -0.496. The van der Waals surface area contributed by atoms with E-state index >= 15 is 0 Å². The summed E-state index contributed by atoms with van der Waals surface area (Å²) < 4.78 is 21.0. The lowest BCUT2D eigenvalue weighted by Crippen LogP contribution is -2.18. The normalized spacial score (nSPS) is 13.5. The molecule has 0 saturated heterocycles. The van der Waals surface area contributed by atoms with Crippen LogP contribution in [0.15, 0.2) is 82.4 Å². The van der Waals surface area contributed by atoms with Crippen molar-refractivity contribution in [2.24, 2.45) is 0 Å². The molecule has 0 amide bonds. The summed E-state index contributed by atoms with van der Waals surface area (Å²) in [4.78, 5) is 25.0. The summed E-state index contributed by atoms with van der Waals surface area (Å²) in [5.41, 5.74) is 3.74. The summed E-state index contributed by atoms with van der Waals surface area (Å²) in [6.07, 6.45) is 12.7. The average Bonchev–Trinajstić information content (AvgIpc) is 3.66. The van der Waals surface area contributed by atoms with Gasteiger partial charge in [-0.3, -0.25) is 14.8 Å². The summed E-state index contributed by atoms with van der Waals surface area (Å²) in [6.45, 7) is 2.34. The zero-order chi connectivity index (χ0) is 24.1. The highest BCUT2D eigenvalue weighted by Gasteiger charge is 2.12. The third-order valence-corrected chi connectivity index (χ3v) is 5.53. The van der Waals surface area contributed by atoms with Crippen LogP contribution in [0.25, 0.3) is 11.3 Å². The molecule has 174 valence electrons. The zero-order valence-corrected chi connectivity index (χ0v) is 19.5. The van der Waals surface area contributed by atoms with Crippen molar-refractivity contribution >= 4 is 23.2 Å². The number of allylic oxidation sites excluding steroid dienone is 6. The van der Waals surface area contributed by atoms with Gasteiger partial charge in [-0.2, -0.15) is 4.98 Å². The van der Waals surface area contributed by atoms with Crippen LogP contribution in [0, 0.1) is 6.92 Å². The molecule has 34 heavy (non-hydrogen) atoms. The molecule has 0 spiro atoms. The number of ether oxygens (including phenoxy) is 1. The topological polar surface area (TPSA) is 81.9 Å². The second kappa shape index (κ2) is 10.4. The molecule has 0 saturated carbocycles. The van der Waals surface area contributed by atoms with Gasteiger partial charge in [0.2, 0.25) is 11.7 Å². The molecule has 4 rings (SSSR count). The monoisotopic (exact) mass is 479 g/mol. The van der Waals surface area contributed by atoms with E-state index in [2.05, 4.69) is 20.3 Å². The van der Waals surface area contributed by atoms with Crippen LogP contribution >= 0.6 is 11.6 Å². The molecule has 1 aliphatic carbocycles. The van der Waals surface area contributed by atoms with Crippen LogP contribution in [0.1, 0.15) is 18.4 Å². The Morgan fingerprint density at radius 2 is 2.18 bits per heavy atom. The highest BCUT2D eigenvalue weighted by atomic mass is 35.5. The van der Waals surface area contributed by atoms with Gasteiger partial charge in [0.15, 0.2) is 0 Å². The van der Waals surface area contributed by atoms with E-state index in [0.717, 1.165) is 34.5 Å². The van der Waals surface area contributed by atoms with Crippen LogP contribution in [0.5, 0.6) is 5.75 Å². The van der Waals surface area contributed by atoms with Gasteiger partial charge in [-0.25, -0.2) is 4.39 Å². The number of anilines is 2. The Balaban J connectivity index is 1.60. The number of halogens is 2. The van der Waals surface area contributed by atoms with Crippen LogP contribution in [0.2, 0.25) is 0 Å². The van der Waals surface area contributed by atoms with E-state index in [1.165, 1.54) is 13.2 Å². The van der Waals surface area contributed by atoms with Crippen molar-refractivity contribution in [2.75, 3.05) is 12.4 Å². The van der Waals surface area contributed by atoms with Gasteiger partial charge in [0, 0.05) is 30.2 Å². The average molecular weight is 480 g/mol. The minimum absolute atomic E-state index is 0.0517. The molecule has 2 aromatic heterocycles. The summed E-state index contributed by atoms with van der Waals surface area (Å²) in [5.74, 6) is -0.0258. The molecular formula is C25H23ClFN5O2. The zero-order valence-electron chi connectivity index (χ0n) is 18.8. The number of hydrogen-bond acceptors (Lipinski definition) is 6. The minimum Gasteiger partial charge on any atom is -0.490 e. The predicted octanol–water partition coefficient (Wildman–Crippen LogP) is 5.46. The van der Waals surface area contributed by atoms with E-state index in [1.54, 1.807) is 35.4 Å².